The van der Waals surface area contributed by atoms with Crippen molar-refractivity contribution in [3.8, 4) is 0 Å². The summed E-state index contributed by atoms with van der Waals surface area (Å²) in [5.74, 6) is -4.93. The van der Waals surface area contributed by atoms with Crippen molar-refractivity contribution < 1.29 is 36.3 Å². The van der Waals surface area contributed by atoms with Crippen LogP contribution < -0.4 is 5.48 Å². The standard InChI is InChI=1S/C18H23F5N2O3/c1-16(2,3)28-15(26)25-10-4-5-14(25)11-27-24-13-8-6-12(7-9-13)17(19,20)18(21,22)23/h6-9,14,24H,4-5,10-11H2,1-3H3. The molecule has 0 radical (unpaired) electrons. The summed E-state index contributed by atoms with van der Waals surface area (Å²) < 4.78 is 69.0. The number of likely N-dealkylation sites (tertiary alicyclic amines) is 1. The largest absolute Gasteiger partial charge is 0.458 e. The van der Waals surface area contributed by atoms with Crippen molar-refractivity contribution in [2.45, 2.75) is 57.4 Å². The van der Waals surface area contributed by atoms with Crippen molar-refractivity contribution in [3.05, 3.63) is 29.8 Å². The highest BCUT2D eigenvalue weighted by Gasteiger charge is 2.58. The Kier molecular flexibility index (Phi) is 6.42. The highest BCUT2D eigenvalue weighted by atomic mass is 19.4. The first-order valence-electron chi connectivity index (χ1n) is 8.74. The smallest absolute Gasteiger partial charge is 0.444 e. The molecule has 1 amide bonds. The normalized spacial score (nSPS) is 18.3. The molecule has 0 spiro atoms. The molecule has 1 aromatic carbocycles. The average Bonchev–Trinajstić information content (AvgIpc) is 3.01. The van der Waals surface area contributed by atoms with Crippen LogP contribution >= 0.6 is 0 Å². The van der Waals surface area contributed by atoms with E-state index in [9.17, 15) is 26.7 Å². The lowest BCUT2D eigenvalue weighted by atomic mass is 10.1. The second-order valence-corrected chi connectivity index (χ2v) is 7.53. The van der Waals surface area contributed by atoms with Crippen LogP contribution in [0, 0.1) is 0 Å². The molecule has 0 aromatic heterocycles. The van der Waals surface area contributed by atoms with Crippen molar-refractivity contribution in [1.82, 2.24) is 4.90 Å². The molecule has 1 atom stereocenters. The lowest BCUT2D eigenvalue weighted by molar-refractivity contribution is -0.289. The van der Waals surface area contributed by atoms with Gasteiger partial charge in [0, 0.05) is 12.1 Å². The molecule has 1 N–H and O–H groups in total. The van der Waals surface area contributed by atoms with Crippen molar-refractivity contribution in [2.75, 3.05) is 18.6 Å². The summed E-state index contributed by atoms with van der Waals surface area (Å²) in [6.45, 7) is 5.93. The zero-order valence-electron chi connectivity index (χ0n) is 15.8. The highest BCUT2D eigenvalue weighted by molar-refractivity contribution is 5.69. The second kappa shape index (κ2) is 8.10. The molecular weight excluding hydrogens is 387 g/mol. The lowest BCUT2D eigenvalue weighted by Crippen LogP contribution is -2.42. The molecule has 5 nitrogen and oxygen atoms in total. The Morgan fingerprint density at radius 2 is 1.75 bits per heavy atom. The van der Waals surface area contributed by atoms with Gasteiger partial charge in [0.1, 0.15) is 5.60 Å². The number of ether oxygens (including phenoxy) is 1. The Balaban J connectivity index is 1.88. The van der Waals surface area contributed by atoms with Crippen LogP contribution in [0.25, 0.3) is 0 Å². The second-order valence-electron chi connectivity index (χ2n) is 7.53. The third kappa shape index (κ3) is 5.46. The van der Waals surface area contributed by atoms with Crippen LogP contribution in [0.15, 0.2) is 24.3 Å². The van der Waals surface area contributed by atoms with Gasteiger partial charge in [-0.3, -0.25) is 10.3 Å². The van der Waals surface area contributed by atoms with E-state index in [4.69, 9.17) is 9.57 Å². The first-order valence-corrected chi connectivity index (χ1v) is 8.74. The maximum Gasteiger partial charge on any atom is 0.458 e. The number of carbonyl (C=O) groups excluding carboxylic acids is 1. The van der Waals surface area contributed by atoms with Gasteiger partial charge in [0.2, 0.25) is 0 Å². The first kappa shape index (κ1) is 22.2. The number of alkyl halides is 5. The van der Waals surface area contributed by atoms with Crippen molar-refractivity contribution in [3.63, 3.8) is 0 Å². The van der Waals surface area contributed by atoms with Crippen LogP contribution in [-0.2, 0) is 15.5 Å². The molecule has 1 heterocycles. The number of hydrogen-bond donors (Lipinski definition) is 1. The lowest BCUT2D eigenvalue weighted by Gasteiger charge is -2.28. The Bertz CT molecular complexity index is 671. The molecule has 1 aliphatic rings. The van der Waals surface area contributed by atoms with Gasteiger partial charge >= 0.3 is 18.2 Å². The van der Waals surface area contributed by atoms with Gasteiger partial charge in [-0.05, 0) is 45.7 Å². The Hall–Kier alpha value is -2.10. The van der Waals surface area contributed by atoms with E-state index in [0.29, 0.717) is 25.1 Å². The van der Waals surface area contributed by atoms with Crippen LogP contribution in [0.2, 0.25) is 0 Å². The van der Waals surface area contributed by atoms with Gasteiger partial charge in [0.05, 0.1) is 18.3 Å². The topological polar surface area (TPSA) is 50.8 Å². The number of anilines is 1. The van der Waals surface area contributed by atoms with E-state index in [-0.39, 0.29) is 18.3 Å². The van der Waals surface area contributed by atoms with E-state index in [2.05, 4.69) is 5.48 Å². The molecule has 0 aliphatic carbocycles. The van der Waals surface area contributed by atoms with E-state index in [1.165, 1.54) is 0 Å². The van der Waals surface area contributed by atoms with Gasteiger partial charge in [0.25, 0.3) is 0 Å². The van der Waals surface area contributed by atoms with Crippen molar-refractivity contribution in [2.24, 2.45) is 0 Å². The van der Waals surface area contributed by atoms with E-state index in [1.807, 2.05) is 0 Å². The molecule has 1 saturated heterocycles. The summed E-state index contributed by atoms with van der Waals surface area (Å²) in [7, 11) is 0. The van der Waals surface area contributed by atoms with Gasteiger partial charge in [-0.25, -0.2) is 4.79 Å². The SMILES string of the molecule is CC(C)(C)OC(=O)N1CCCC1CONc1ccc(C(F)(F)C(F)(F)F)cc1. The van der Waals surface area contributed by atoms with E-state index >= 15 is 0 Å². The van der Waals surface area contributed by atoms with Gasteiger partial charge in [-0.1, -0.05) is 12.1 Å². The Morgan fingerprint density at radius 3 is 2.29 bits per heavy atom. The van der Waals surface area contributed by atoms with Gasteiger partial charge < -0.3 is 9.64 Å². The van der Waals surface area contributed by atoms with Gasteiger partial charge in [0.15, 0.2) is 0 Å². The third-order valence-corrected chi connectivity index (χ3v) is 4.07. The minimum atomic E-state index is -5.66. The fraction of sp³-hybridized carbons (Fsp3) is 0.611. The van der Waals surface area contributed by atoms with Crippen LogP contribution in [-0.4, -0.2) is 42.0 Å². The molecule has 158 valence electrons. The number of nitrogens with one attached hydrogen (secondary N) is 1. The van der Waals surface area contributed by atoms with E-state index in [1.54, 1.807) is 25.7 Å². The summed E-state index contributed by atoms with van der Waals surface area (Å²) in [5, 5.41) is 0. The number of hydrogen-bond acceptors (Lipinski definition) is 4. The molecule has 0 saturated carbocycles. The fourth-order valence-corrected chi connectivity index (χ4v) is 2.70. The molecule has 0 bridgehead atoms. The summed E-state index contributed by atoms with van der Waals surface area (Å²) in [6.07, 6.45) is -4.62. The summed E-state index contributed by atoms with van der Waals surface area (Å²) in [4.78, 5) is 19.0. The molecule has 1 unspecified atom stereocenters. The molecule has 1 aromatic rings. The number of rotatable bonds is 5. The Labute approximate surface area is 159 Å². The van der Waals surface area contributed by atoms with E-state index < -0.39 is 29.4 Å². The fourth-order valence-electron chi connectivity index (χ4n) is 2.70. The van der Waals surface area contributed by atoms with Crippen LogP contribution in [0.5, 0.6) is 0 Å². The van der Waals surface area contributed by atoms with Crippen molar-refractivity contribution >= 4 is 11.8 Å². The van der Waals surface area contributed by atoms with Crippen molar-refractivity contribution in [1.29, 1.82) is 0 Å². The highest BCUT2D eigenvalue weighted by Crippen LogP contribution is 2.43. The van der Waals surface area contributed by atoms with Gasteiger partial charge in [-0.2, -0.15) is 22.0 Å². The molecular formula is C18H23F5N2O3. The van der Waals surface area contributed by atoms with Gasteiger partial charge in [-0.15, -0.1) is 0 Å². The van der Waals surface area contributed by atoms with Crippen LogP contribution in [0.4, 0.5) is 32.4 Å². The average molecular weight is 410 g/mol. The van der Waals surface area contributed by atoms with E-state index in [0.717, 1.165) is 18.6 Å². The molecule has 1 aliphatic heterocycles. The number of amides is 1. The zero-order chi connectivity index (χ0) is 21.2. The number of halogens is 5. The molecule has 10 heteroatoms. The number of carbonyl (C=O) groups is 1. The maximum absolute atomic E-state index is 13.3. The first-order chi connectivity index (χ1) is 12.8. The minimum Gasteiger partial charge on any atom is -0.444 e. The predicted molar refractivity (Wildman–Crippen MR) is 91.9 cm³/mol. The molecule has 28 heavy (non-hydrogen) atoms. The predicted octanol–water partition coefficient (Wildman–Crippen LogP) is 5.08. The van der Waals surface area contributed by atoms with Crippen LogP contribution in [0.3, 0.4) is 0 Å². The minimum absolute atomic E-state index is 0.111. The summed E-state index contributed by atoms with van der Waals surface area (Å²) in [5.41, 5.74) is 0.927. The molecule has 1 fully saturated rings. The quantitative estimate of drug-likeness (QED) is 0.543. The molecule has 2 rings (SSSR count). The maximum atomic E-state index is 13.3. The monoisotopic (exact) mass is 410 g/mol. The number of nitrogens with zero attached hydrogens (tertiary/aromatic N) is 1. The van der Waals surface area contributed by atoms with Crippen LogP contribution in [0.1, 0.15) is 39.2 Å². The third-order valence-electron chi connectivity index (χ3n) is 4.07. The zero-order valence-corrected chi connectivity index (χ0v) is 15.8. The Morgan fingerprint density at radius 1 is 1.14 bits per heavy atom. The summed E-state index contributed by atoms with van der Waals surface area (Å²) in [6, 6.07) is 3.27. The number of benzene rings is 1. The summed E-state index contributed by atoms with van der Waals surface area (Å²) >= 11 is 0.